The van der Waals surface area contributed by atoms with E-state index in [-0.39, 0.29) is 5.91 Å². The van der Waals surface area contributed by atoms with Crippen LogP contribution in [-0.4, -0.2) is 40.8 Å². The number of hydrogen-bond acceptors (Lipinski definition) is 5. The number of benzene rings is 2. The van der Waals surface area contributed by atoms with Gasteiger partial charge < -0.3 is 10.2 Å². The van der Waals surface area contributed by atoms with Gasteiger partial charge >= 0.3 is 6.03 Å². The number of rotatable bonds is 3. The van der Waals surface area contributed by atoms with Gasteiger partial charge in [-0.25, -0.2) is 9.78 Å². The lowest BCUT2D eigenvalue weighted by Crippen LogP contribution is -2.41. The van der Waals surface area contributed by atoms with Crippen molar-refractivity contribution in [3.8, 4) is 0 Å². The largest absolute Gasteiger partial charge is 0.339 e. The highest BCUT2D eigenvalue weighted by Crippen LogP contribution is 2.34. The third-order valence-electron chi connectivity index (χ3n) is 6.17. The zero-order valence-corrected chi connectivity index (χ0v) is 17.9. The normalized spacial score (nSPS) is 21.9. The predicted molar refractivity (Wildman–Crippen MR) is 118 cm³/mol. The van der Waals surface area contributed by atoms with Crippen LogP contribution >= 0.6 is 11.3 Å². The minimum Gasteiger partial charge on any atom is -0.339 e. The van der Waals surface area contributed by atoms with E-state index in [0.717, 1.165) is 23.4 Å². The van der Waals surface area contributed by atoms with Crippen molar-refractivity contribution >= 4 is 39.4 Å². The fourth-order valence-corrected chi connectivity index (χ4v) is 5.42. The molecule has 2 aliphatic heterocycles. The van der Waals surface area contributed by atoms with Crippen LogP contribution in [0, 0.1) is 0 Å². The first-order valence-corrected chi connectivity index (χ1v) is 11.1. The van der Waals surface area contributed by atoms with Gasteiger partial charge in [0, 0.05) is 24.6 Å². The summed E-state index contributed by atoms with van der Waals surface area (Å²) < 4.78 is 1.20. The first-order valence-electron chi connectivity index (χ1n) is 10.3. The van der Waals surface area contributed by atoms with Crippen LogP contribution < -0.4 is 10.6 Å². The monoisotopic (exact) mass is 434 g/mol. The van der Waals surface area contributed by atoms with Crippen LogP contribution in [0.5, 0.6) is 0 Å². The average molecular weight is 435 g/mol. The lowest BCUT2D eigenvalue weighted by atomic mass is 9.90. The zero-order chi connectivity index (χ0) is 21.6. The van der Waals surface area contributed by atoms with Gasteiger partial charge in [0.2, 0.25) is 0 Å². The van der Waals surface area contributed by atoms with Crippen molar-refractivity contribution in [3.63, 3.8) is 0 Å². The number of para-hydroxylation sites is 1. The van der Waals surface area contributed by atoms with Crippen molar-refractivity contribution in [3.05, 3.63) is 64.7 Å². The SMILES string of the molecule is CC1(c2cccc(C(=O)N3CCC(c4nc5ccccc5s4)CC3)c2)NC(=O)NC1=O. The van der Waals surface area contributed by atoms with Crippen molar-refractivity contribution in [2.24, 2.45) is 0 Å². The van der Waals surface area contributed by atoms with Gasteiger partial charge in [0.25, 0.3) is 11.8 Å². The maximum Gasteiger partial charge on any atom is 0.322 e. The van der Waals surface area contributed by atoms with E-state index in [9.17, 15) is 14.4 Å². The van der Waals surface area contributed by atoms with Gasteiger partial charge in [-0.05, 0) is 49.6 Å². The van der Waals surface area contributed by atoms with Crippen LogP contribution in [0.2, 0.25) is 0 Å². The number of imide groups is 1. The summed E-state index contributed by atoms with van der Waals surface area (Å²) >= 11 is 1.74. The number of aromatic nitrogens is 1. The number of carbonyl (C=O) groups is 3. The Morgan fingerprint density at radius 2 is 1.90 bits per heavy atom. The van der Waals surface area contributed by atoms with E-state index in [2.05, 4.69) is 16.7 Å². The Morgan fingerprint density at radius 3 is 2.61 bits per heavy atom. The Labute approximate surface area is 183 Å². The number of carbonyl (C=O) groups excluding carboxylic acids is 3. The molecule has 2 N–H and O–H groups in total. The molecule has 0 saturated carbocycles. The third kappa shape index (κ3) is 3.46. The number of amides is 4. The van der Waals surface area contributed by atoms with Crippen LogP contribution in [0.25, 0.3) is 10.2 Å². The van der Waals surface area contributed by atoms with Gasteiger partial charge in [0.05, 0.1) is 15.2 Å². The van der Waals surface area contributed by atoms with E-state index in [1.165, 1.54) is 4.70 Å². The highest BCUT2D eigenvalue weighted by atomic mass is 32.1. The molecule has 8 heteroatoms. The standard InChI is InChI=1S/C23H22N4O3S/c1-23(21(29)25-22(30)26-23)16-6-4-5-15(13-16)20(28)27-11-9-14(10-12-27)19-24-17-7-2-3-8-18(17)31-19/h2-8,13-14H,9-12H2,1H3,(H2,25,26,29,30). The summed E-state index contributed by atoms with van der Waals surface area (Å²) in [6, 6.07) is 14.6. The van der Waals surface area contributed by atoms with E-state index in [4.69, 9.17) is 4.98 Å². The van der Waals surface area contributed by atoms with E-state index < -0.39 is 17.5 Å². The summed E-state index contributed by atoms with van der Waals surface area (Å²) in [5.74, 6) is -0.110. The average Bonchev–Trinajstić information content (AvgIpc) is 3.34. The quantitative estimate of drug-likeness (QED) is 0.619. The highest BCUT2D eigenvalue weighted by Gasteiger charge is 2.43. The van der Waals surface area contributed by atoms with Gasteiger partial charge in [-0.15, -0.1) is 11.3 Å². The van der Waals surface area contributed by atoms with E-state index in [1.807, 2.05) is 23.1 Å². The van der Waals surface area contributed by atoms with Gasteiger partial charge in [-0.2, -0.15) is 0 Å². The first kappa shape index (κ1) is 19.7. The van der Waals surface area contributed by atoms with Crippen LogP contribution in [-0.2, 0) is 10.3 Å². The molecular weight excluding hydrogens is 412 g/mol. The smallest absolute Gasteiger partial charge is 0.322 e. The Morgan fingerprint density at radius 1 is 1.13 bits per heavy atom. The lowest BCUT2D eigenvalue weighted by Gasteiger charge is -2.31. The zero-order valence-electron chi connectivity index (χ0n) is 17.1. The molecule has 1 aromatic heterocycles. The molecule has 0 radical (unpaired) electrons. The molecule has 2 saturated heterocycles. The molecule has 2 fully saturated rings. The van der Waals surface area contributed by atoms with Crippen molar-refractivity contribution in [1.29, 1.82) is 0 Å². The number of piperidine rings is 1. The minimum atomic E-state index is -1.17. The molecule has 0 spiro atoms. The summed E-state index contributed by atoms with van der Waals surface area (Å²) in [6.07, 6.45) is 1.75. The molecule has 158 valence electrons. The molecule has 0 aliphatic carbocycles. The summed E-state index contributed by atoms with van der Waals surface area (Å²) in [5.41, 5.74) is 0.972. The molecule has 0 bridgehead atoms. The molecule has 4 amide bonds. The molecule has 1 atom stereocenters. The Balaban J connectivity index is 1.29. The second-order valence-electron chi connectivity index (χ2n) is 8.20. The predicted octanol–water partition coefficient (Wildman–Crippen LogP) is 3.37. The molecule has 1 unspecified atom stereocenters. The summed E-state index contributed by atoms with van der Waals surface area (Å²) in [5, 5.41) is 6.05. The maximum absolute atomic E-state index is 13.1. The van der Waals surface area contributed by atoms with Gasteiger partial charge in [0.15, 0.2) is 0 Å². The third-order valence-corrected chi connectivity index (χ3v) is 7.37. The molecule has 31 heavy (non-hydrogen) atoms. The highest BCUT2D eigenvalue weighted by molar-refractivity contribution is 7.18. The van der Waals surface area contributed by atoms with E-state index >= 15 is 0 Å². The number of likely N-dealkylation sites (tertiary alicyclic amines) is 1. The molecular formula is C23H22N4O3S. The lowest BCUT2D eigenvalue weighted by molar-refractivity contribution is -0.123. The minimum absolute atomic E-state index is 0.0575. The van der Waals surface area contributed by atoms with Gasteiger partial charge in [-0.3, -0.25) is 14.9 Å². The van der Waals surface area contributed by atoms with E-state index in [0.29, 0.717) is 30.1 Å². The van der Waals surface area contributed by atoms with E-state index in [1.54, 1.807) is 42.5 Å². The Bertz CT molecular complexity index is 1170. The molecule has 7 nitrogen and oxygen atoms in total. The Hall–Kier alpha value is -3.26. The molecule has 2 aliphatic rings. The van der Waals surface area contributed by atoms with Crippen molar-refractivity contribution < 1.29 is 14.4 Å². The number of thiazole rings is 1. The van der Waals surface area contributed by atoms with Gasteiger partial charge in [0.1, 0.15) is 5.54 Å². The van der Waals surface area contributed by atoms with Crippen LogP contribution in [0.4, 0.5) is 4.79 Å². The second kappa shape index (κ2) is 7.46. The number of urea groups is 1. The molecule has 3 aromatic rings. The summed E-state index contributed by atoms with van der Waals surface area (Å²) in [7, 11) is 0. The van der Waals surface area contributed by atoms with Crippen LogP contribution in [0.15, 0.2) is 48.5 Å². The van der Waals surface area contributed by atoms with Crippen molar-refractivity contribution in [2.75, 3.05) is 13.1 Å². The van der Waals surface area contributed by atoms with Crippen LogP contribution in [0.3, 0.4) is 0 Å². The fourth-order valence-electron chi connectivity index (χ4n) is 4.29. The second-order valence-corrected chi connectivity index (χ2v) is 9.26. The number of nitrogens with zero attached hydrogens (tertiary/aromatic N) is 2. The number of hydrogen-bond donors (Lipinski definition) is 2. The first-order chi connectivity index (χ1) is 14.9. The van der Waals surface area contributed by atoms with Crippen LogP contribution in [0.1, 0.15) is 46.6 Å². The topological polar surface area (TPSA) is 91.4 Å². The summed E-state index contributed by atoms with van der Waals surface area (Å²) in [4.78, 5) is 43.6. The number of fused-ring (bicyclic) bond motifs is 1. The Kier molecular flexibility index (Phi) is 4.74. The van der Waals surface area contributed by atoms with Crippen molar-refractivity contribution in [2.45, 2.75) is 31.2 Å². The number of nitrogens with one attached hydrogen (secondary N) is 2. The van der Waals surface area contributed by atoms with Crippen molar-refractivity contribution in [1.82, 2.24) is 20.5 Å². The molecule has 2 aromatic carbocycles. The summed E-state index contributed by atoms with van der Waals surface area (Å²) in [6.45, 7) is 2.97. The maximum atomic E-state index is 13.1. The fraction of sp³-hybridized carbons (Fsp3) is 0.304. The molecule has 5 rings (SSSR count). The van der Waals surface area contributed by atoms with Gasteiger partial charge in [-0.1, -0.05) is 24.3 Å². The molecule has 3 heterocycles.